The highest BCUT2D eigenvalue weighted by molar-refractivity contribution is 5.89. The summed E-state index contributed by atoms with van der Waals surface area (Å²) in [6.07, 6.45) is 0. The highest BCUT2D eigenvalue weighted by Gasteiger charge is 2.16. The molecule has 17 heavy (non-hydrogen) atoms. The lowest BCUT2D eigenvalue weighted by Gasteiger charge is -2.27. The first-order valence-corrected chi connectivity index (χ1v) is 5.63. The van der Waals surface area contributed by atoms with Crippen LogP contribution in [0.25, 0.3) is 0 Å². The molecular formula is C13H20N2O2. The molecule has 0 amide bonds. The molecule has 0 unspecified atom stereocenters. The van der Waals surface area contributed by atoms with Crippen molar-refractivity contribution in [3.63, 3.8) is 0 Å². The minimum atomic E-state index is -0.931. The van der Waals surface area contributed by atoms with Gasteiger partial charge in [0.15, 0.2) is 0 Å². The van der Waals surface area contributed by atoms with Gasteiger partial charge in [0.05, 0.1) is 11.3 Å². The lowest BCUT2D eigenvalue weighted by atomic mass is 9.96. The molecule has 0 saturated heterocycles. The zero-order chi connectivity index (χ0) is 13.2. The number of aryl methyl sites for hydroxylation is 1. The number of carboxylic acids is 1. The molecule has 0 radical (unpaired) electrons. The fourth-order valence-electron chi connectivity index (χ4n) is 1.78. The van der Waals surface area contributed by atoms with Gasteiger partial charge in [-0.2, -0.15) is 0 Å². The molecule has 1 heterocycles. The zero-order valence-corrected chi connectivity index (χ0v) is 11.1. The zero-order valence-electron chi connectivity index (χ0n) is 11.1. The normalized spacial score (nSPS) is 11.4. The van der Waals surface area contributed by atoms with Crippen LogP contribution in [0.4, 0.5) is 5.82 Å². The Morgan fingerprint density at radius 1 is 1.41 bits per heavy atom. The second kappa shape index (κ2) is 4.73. The summed E-state index contributed by atoms with van der Waals surface area (Å²) in [5.41, 5.74) is 0.990. The second-order valence-electron chi connectivity index (χ2n) is 5.52. The molecule has 0 aromatic carbocycles. The molecule has 0 atom stereocenters. The van der Waals surface area contributed by atoms with Gasteiger partial charge in [0, 0.05) is 13.6 Å². The van der Waals surface area contributed by atoms with E-state index in [2.05, 4.69) is 25.8 Å². The lowest BCUT2D eigenvalue weighted by Crippen LogP contribution is -2.29. The summed E-state index contributed by atoms with van der Waals surface area (Å²) in [4.78, 5) is 17.2. The predicted octanol–water partition coefficient (Wildman–Crippen LogP) is 2.57. The summed E-state index contributed by atoms with van der Waals surface area (Å²) in [6, 6.07) is 3.36. The number of rotatable bonds is 3. The smallest absolute Gasteiger partial charge is 0.337 e. The number of aromatic carboxylic acids is 1. The first kappa shape index (κ1) is 13.5. The summed E-state index contributed by atoms with van der Waals surface area (Å²) < 4.78 is 0. The SMILES string of the molecule is Cc1nc(N(C)CC(C)(C)C)ccc1C(=O)O. The maximum absolute atomic E-state index is 10.9. The molecule has 4 nitrogen and oxygen atoms in total. The Kier molecular flexibility index (Phi) is 3.76. The van der Waals surface area contributed by atoms with E-state index in [9.17, 15) is 4.79 Å². The maximum Gasteiger partial charge on any atom is 0.337 e. The molecule has 1 N–H and O–H groups in total. The van der Waals surface area contributed by atoms with Gasteiger partial charge in [0.25, 0.3) is 0 Å². The van der Waals surface area contributed by atoms with Crippen molar-refractivity contribution < 1.29 is 9.90 Å². The highest BCUT2D eigenvalue weighted by Crippen LogP contribution is 2.19. The number of pyridine rings is 1. The standard InChI is InChI=1S/C13H20N2O2/c1-9-10(12(16)17)6-7-11(14-9)15(5)8-13(2,3)4/h6-7H,8H2,1-5H3,(H,16,17). The van der Waals surface area contributed by atoms with Crippen LogP contribution in [-0.4, -0.2) is 29.7 Å². The molecule has 0 saturated carbocycles. The van der Waals surface area contributed by atoms with Gasteiger partial charge in [-0.3, -0.25) is 0 Å². The van der Waals surface area contributed by atoms with Crippen LogP contribution in [0.15, 0.2) is 12.1 Å². The third kappa shape index (κ3) is 3.73. The van der Waals surface area contributed by atoms with Crippen LogP contribution in [-0.2, 0) is 0 Å². The number of nitrogens with zero attached hydrogens (tertiary/aromatic N) is 2. The lowest BCUT2D eigenvalue weighted by molar-refractivity contribution is 0.0695. The fraction of sp³-hybridized carbons (Fsp3) is 0.538. The summed E-state index contributed by atoms with van der Waals surface area (Å²) in [7, 11) is 1.97. The maximum atomic E-state index is 10.9. The van der Waals surface area contributed by atoms with Gasteiger partial charge in [0.1, 0.15) is 5.82 Å². The fourth-order valence-corrected chi connectivity index (χ4v) is 1.78. The quantitative estimate of drug-likeness (QED) is 0.876. The number of aromatic nitrogens is 1. The van der Waals surface area contributed by atoms with E-state index in [1.807, 2.05) is 11.9 Å². The van der Waals surface area contributed by atoms with Gasteiger partial charge >= 0.3 is 5.97 Å². The first-order chi connectivity index (χ1) is 7.70. The van der Waals surface area contributed by atoms with Crippen molar-refractivity contribution in [2.75, 3.05) is 18.5 Å². The Morgan fingerprint density at radius 2 is 2.00 bits per heavy atom. The summed E-state index contributed by atoms with van der Waals surface area (Å²) >= 11 is 0. The predicted molar refractivity (Wildman–Crippen MR) is 68.7 cm³/mol. The van der Waals surface area contributed by atoms with Gasteiger partial charge in [0.2, 0.25) is 0 Å². The van der Waals surface area contributed by atoms with E-state index in [0.29, 0.717) is 5.69 Å². The largest absolute Gasteiger partial charge is 0.478 e. The minimum absolute atomic E-state index is 0.176. The van der Waals surface area contributed by atoms with Crippen LogP contribution < -0.4 is 4.90 Å². The second-order valence-corrected chi connectivity index (χ2v) is 5.52. The Labute approximate surface area is 102 Å². The molecule has 0 aliphatic carbocycles. The average Bonchev–Trinajstić information content (AvgIpc) is 2.14. The van der Waals surface area contributed by atoms with Crippen LogP contribution >= 0.6 is 0 Å². The van der Waals surface area contributed by atoms with Crippen molar-refractivity contribution in [1.29, 1.82) is 0 Å². The van der Waals surface area contributed by atoms with Crippen molar-refractivity contribution in [3.05, 3.63) is 23.4 Å². The molecule has 94 valence electrons. The highest BCUT2D eigenvalue weighted by atomic mass is 16.4. The van der Waals surface area contributed by atoms with Gasteiger partial charge in [-0.25, -0.2) is 9.78 Å². The Bertz CT molecular complexity index is 422. The van der Waals surface area contributed by atoms with Crippen molar-refractivity contribution in [2.45, 2.75) is 27.7 Å². The van der Waals surface area contributed by atoms with Crippen molar-refractivity contribution >= 4 is 11.8 Å². The monoisotopic (exact) mass is 236 g/mol. The van der Waals surface area contributed by atoms with Gasteiger partial charge in [-0.1, -0.05) is 20.8 Å². The van der Waals surface area contributed by atoms with Gasteiger partial charge in [-0.05, 0) is 24.5 Å². The number of anilines is 1. The molecule has 0 bridgehead atoms. The van der Waals surface area contributed by atoms with E-state index in [0.717, 1.165) is 12.4 Å². The molecule has 1 aromatic rings. The van der Waals surface area contributed by atoms with Gasteiger partial charge in [-0.15, -0.1) is 0 Å². The molecule has 0 fully saturated rings. The van der Waals surface area contributed by atoms with Crippen molar-refractivity contribution in [1.82, 2.24) is 4.98 Å². The molecule has 0 aliphatic rings. The summed E-state index contributed by atoms with van der Waals surface area (Å²) in [5, 5.41) is 8.93. The summed E-state index contributed by atoms with van der Waals surface area (Å²) in [6.45, 7) is 9.05. The molecule has 1 aromatic heterocycles. The van der Waals surface area contributed by atoms with E-state index < -0.39 is 5.97 Å². The number of carboxylic acid groups (broad SMARTS) is 1. The molecular weight excluding hydrogens is 216 g/mol. The Morgan fingerprint density at radius 3 is 2.41 bits per heavy atom. The minimum Gasteiger partial charge on any atom is -0.478 e. The Hall–Kier alpha value is -1.58. The van der Waals surface area contributed by atoms with Crippen LogP contribution in [0.3, 0.4) is 0 Å². The molecule has 0 aliphatic heterocycles. The van der Waals surface area contributed by atoms with Crippen LogP contribution in [0.1, 0.15) is 36.8 Å². The van der Waals surface area contributed by atoms with Crippen LogP contribution in [0.5, 0.6) is 0 Å². The van der Waals surface area contributed by atoms with Crippen molar-refractivity contribution in [2.24, 2.45) is 5.41 Å². The van der Waals surface area contributed by atoms with E-state index in [4.69, 9.17) is 5.11 Å². The van der Waals surface area contributed by atoms with Gasteiger partial charge < -0.3 is 10.0 Å². The molecule has 0 spiro atoms. The van der Waals surface area contributed by atoms with Crippen LogP contribution in [0.2, 0.25) is 0 Å². The Balaban J connectivity index is 2.94. The van der Waals surface area contributed by atoms with Crippen LogP contribution in [0, 0.1) is 12.3 Å². The molecule has 4 heteroatoms. The number of hydrogen-bond donors (Lipinski definition) is 1. The first-order valence-electron chi connectivity index (χ1n) is 5.63. The number of hydrogen-bond acceptors (Lipinski definition) is 3. The molecule has 1 rings (SSSR count). The van der Waals surface area contributed by atoms with E-state index in [1.54, 1.807) is 19.1 Å². The summed E-state index contributed by atoms with van der Waals surface area (Å²) in [5.74, 6) is -0.123. The van der Waals surface area contributed by atoms with E-state index >= 15 is 0 Å². The van der Waals surface area contributed by atoms with E-state index in [-0.39, 0.29) is 11.0 Å². The topological polar surface area (TPSA) is 53.4 Å². The number of carbonyl (C=O) groups is 1. The van der Waals surface area contributed by atoms with E-state index in [1.165, 1.54) is 0 Å². The third-order valence-corrected chi connectivity index (χ3v) is 2.40. The third-order valence-electron chi connectivity index (χ3n) is 2.40. The van der Waals surface area contributed by atoms with Crippen molar-refractivity contribution in [3.8, 4) is 0 Å². The average molecular weight is 236 g/mol.